The molecule has 1 amide bonds. The van der Waals surface area contributed by atoms with E-state index >= 15 is 0 Å². The van der Waals surface area contributed by atoms with Crippen LogP contribution in [0.15, 0.2) is 18.2 Å². The summed E-state index contributed by atoms with van der Waals surface area (Å²) in [6.45, 7) is 8.51. The Balaban J connectivity index is 1.62. The van der Waals surface area contributed by atoms with Crippen molar-refractivity contribution in [1.29, 1.82) is 0 Å². The molecule has 2 N–H and O–H groups in total. The van der Waals surface area contributed by atoms with Gasteiger partial charge in [-0.05, 0) is 24.5 Å². The van der Waals surface area contributed by atoms with E-state index in [1.54, 1.807) is 0 Å². The van der Waals surface area contributed by atoms with Gasteiger partial charge in [-0.15, -0.1) is 0 Å². The van der Waals surface area contributed by atoms with Crippen LogP contribution in [0.4, 0.5) is 0 Å². The topological polar surface area (TPSA) is 50.4 Å². The van der Waals surface area contributed by atoms with E-state index in [1.165, 1.54) is 11.1 Å². The molecule has 21 heavy (non-hydrogen) atoms. The molecule has 0 aromatic heterocycles. The van der Waals surface area contributed by atoms with Crippen LogP contribution in [-0.2, 0) is 11.2 Å². The second-order valence-electron chi connectivity index (χ2n) is 6.21. The fourth-order valence-corrected chi connectivity index (χ4v) is 2.43. The third-order valence-corrected chi connectivity index (χ3v) is 3.57. The zero-order valence-corrected chi connectivity index (χ0v) is 13.2. The highest BCUT2D eigenvalue weighted by atomic mass is 16.5. The molecule has 0 aliphatic carbocycles. The molecule has 1 aliphatic rings. The summed E-state index contributed by atoms with van der Waals surface area (Å²) in [5, 5.41) is 6.23. The van der Waals surface area contributed by atoms with Gasteiger partial charge in [-0.25, -0.2) is 0 Å². The SMILES string of the molecule is Cc1ccc2c(c1)CC(CNCCC(=O)NCC(C)C)O2. The van der Waals surface area contributed by atoms with E-state index in [4.69, 9.17) is 4.74 Å². The summed E-state index contributed by atoms with van der Waals surface area (Å²) in [5.41, 5.74) is 2.56. The third-order valence-electron chi connectivity index (χ3n) is 3.57. The number of rotatable bonds is 7. The van der Waals surface area contributed by atoms with Crippen LogP contribution >= 0.6 is 0 Å². The number of nitrogens with one attached hydrogen (secondary N) is 2. The summed E-state index contributed by atoms with van der Waals surface area (Å²) < 4.78 is 5.88. The molecule has 0 saturated carbocycles. The summed E-state index contributed by atoms with van der Waals surface area (Å²) >= 11 is 0. The molecule has 1 unspecified atom stereocenters. The van der Waals surface area contributed by atoms with Crippen molar-refractivity contribution < 1.29 is 9.53 Å². The summed E-state index contributed by atoms with van der Waals surface area (Å²) in [6.07, 6.45) is 1.65. The van der Waals surface area contributed by atoms with Crippen LogP contribution < -0.4 is 15.4 Å². The molecular formula is C17H26N2O2. The predicted octanol–water partition coefficient (Wildman–Crippen LogP) is 2.05. The summed E-state index contributed by atoms with van der Waals surface area (Å²) in [5.74, 6) is 1.61. The van der Waals surface area contributed by atoms with Crippen molar-refractivity contribution in [3.8, 4) is 5.75 Å². The predicted molar refractivity (Wildman–Crippen MR) is 84.6 cm³/mol. The van der Waals surface area contributed by atoms with Gasteiger partial charge < -0.3 is 15.4 Å². The van der Waals surface area contributed by atoms with Crippen LogP contribution in [0.3, 0.4) is 0 Å². The largest absolute Gasteiger partial charge is 0.488 e. The van der Waals surface area contributed by atoms with Gasteiger partial charge in [0.1, 0.15) is 11.9 Å². The number of hydrogen-bond acceptors (Lipinski definition) is 3. The fraction of sp³-hybridized carbons (Fsp3) is 0.588. The van der Waals surface area contributed by atoms with Crippen molar-refractivity contribution in [1.82, 2.24) is 10.6 Å². The Kier molecular flexibility index (Phi) is 5.62. The van der Waals surface area contributed by atoms with Crippen LogP contribution in [-0.4, -0.2) is 31.6 Å². The van der Waals surface area contributed by atoms with Gasteiger partial charge in [0.15, 0.2) is 0 Å². The minimum absolute atomic E-state index is 0.113. The lowest BCUT2D eigenvalue weighted by atomic mass is 10.1. The van der Waals surface area contributed by atoms with Crippen molar-refractivity contribution in [3.05, 3.63) is 29.3 Å². The zero-order valence-electron chi connectivity index (χ0n) is 13.2. The van der Waals surface area contributed by atoms with Crippen molar-refractivity contribution in [2.75, 3.05) is 19.6 Å². The number of amides is 1. The molecule has 4 heteroatoms. The first kappa shape index (κ1) is 15.8. The fourth-order valence-electron chi connectivity index (χ4n) is 2.43. The zero-order chi connectivity index (χ0) is 15.2. The number of carbonyl (C=O) groups excluding carboxylic acids is 1. The number of fused-ring (bicyclic) bond motifs is 1. The smallest absolute Gasteiger partial charge is 0.221 e. The molecule has 0 fully saturated rings. The van der Waals surface area contributed by atoms with Crippen LogP contribution in [0.25, 0.3) is 0 Å². The van der Waals surface area contributed by atoms with E-state index in [0.717, 1.165) is 25.3 Å². The summed E-state index contributed by atoms with van der Waals surface area (Å²) in [6, 6.07) is 6.31. The van der Waals surface area contributed by atoms with Crippen LogP contribution in [0.1, 0.15) is 31.4 Å². The average Bonchev–Trinajstić information content (AvgIpc) is 2.83. The first-order valence-electron chi connectivity index (χ1n) is 7.78. The molecule has 0 spiro atoms. The molecule has 1 aromatic rings. The third kappa shape index (κ3) is 5.05. The van der Waals surface area contributed by atoms with Crippen LogP contribution in [0.2, 0.25) is 0 Å². The van der Waals surface area contributed by atoms with Crippen molar-refractivity contribution in [2.24, 2.45) is 5.92 Å². The number of aryl methyl sites for hydroxylation is 1. The highest BCUT2D eigenvalue weighted by molar-refractivity contribution is 5.76. The summed E-state index contributed by atoms with van der Waals surface area (Å²) in [7, 11) is 0. The van der Waals surface area contributed by atoms with E-state index in [9.17, 15) is 4.79 Å². The number of carbonyl (C=O) groups is 1. The van der Waals surface area contributed by atoms with Gasteiger partial charge in [-0.2, -0.15) is 0 Å². The Morgan fingerprint density at radius 2 is 2.24 bits per heavy atom. The van der Waals surface area contributed by atoms with E-state index in [-0.39, 0.29) is 12.0 Å². The Morgan fingerprint density at radius 1 is 1.43 bits per heavy atom. The van der Waals surface area contributed by atoms with Gasteiger partial charge in [-0.1, -0.05) is 31.5 Å². The highest BCUT2D eigenvalue weighted by Gasteiger charge is 2.22. The quantitative estimate of drug-likeness (QED) is 0.756. The average molecular weight is 290 g/mol. The molecule has 0 bridgehead atoms. The maximum Gasteiger partial charge on any atom is 0.221 e. The van der Waals surface area contributed by atoms with Crippen LogP contribution in [0.5, 0.6) is 5.75 Å². The molecule has 1 atom stereocenters. The molecule has 1 aliphatic heterocycles. The lowest BCUT2D eigenvalue weighted by Gasteiger charge is -2.12. The monoisotopic (exact) mass is 290 g/mol. The Bertz CT molecular complexity index is 486. The standard InChI is InChI=1S/C17H26N2O2/c1-12(2)10-19-17(20)6-7-18-11-15-9-14-8-13(3)4-5-16(14)21-15/h4-5,8,12,15,18H,6-7,9-11H2,1-3H3,(H,19,20). The highest BCUT2D eigenvalue weighted by Crippen LogP contribution is 2.29. The minimum Gasteiger partial charge on any atom is -0.488 e. The molecule has 116 valence electrons. The Labute approximate surface area is 127 Å². The molecule has 1 aromatic carbocycles. The maximum atomic E-state index is 11.6. The van der Waals surface area contributed by atoms with Crippen LogP contribution in [0, 0.1) is 12.8 Å². The Morgan fingerprint density at radius 3 is 3.00 bits per heavy atom. The van der Waals surface area contributed by atoms with Gasteiger partial charge >= 0.3 is 0 Å². The second kappa shape index (κ2) is 7.46. The first-order chi connectivity index (χ1) is 10.0. The number of hydrogen-bond donors (Lipinski definition) is 2. The van der Waals surface area contributed by atoms with E-state index in [2.05, 4.69) is 43.5 Å². The normalized spacial score (nSPS) is 16.7. The maximum absolute atomic E-state index is 11.6. The van der Waals surface area contributed by atoms with Crippen molar-refractivity contribution in [2.45, 2.75) is 39.7 Å². The lowest BCUT2D eigenvalue weighted by Crippen LogP contribution is -2.34. The second-order valence-corrected chi connectivity index (χ2v) is 6.21. The van der Waals surface area contributed by atoms with Gasteiger partial charge in [0.25, 0.3) is 0 Å². The van der Waals surface area contributed by atoms with Crippen molar-refractivity contribution in [3.63, 3.8) is 0 Å². The van der Waals surface area contributed by atoms with Gasteiger partial charge in [0, 0.05) is 32.5 Å². The molecule has 0 saturated heterocycles. The molecule has 1 heterocycles. The van der Waals surface area contributed by atoms with E-state index in [0.29, 0.717) is 18.9 Å². The number of benzene rings is 1. The molecular weight excluding hydrogens is 264 g/mol. The first-order valence-corrected chi connectivity index (χ1v) is 7.78. The van der Waals surface area contributed by atoms with E-state index in [1.807, 2.05) is 6.07 Å². The molecule has 4 nitrogen and oxygen atoms in total. The van der Waals surface area contributed by atoms with Crippen molar-refractivity contribution >= 4 is 5.91 Å². The van der Waals surface area contributed by atoms with Gasteiger partial charge in [0.05, 0.1) is 0 Å². The molecule has 0 radical (unpaired) electrons. The van der Waals surface area contributed by atoms with Gasteiger partial charge in [-0.3, -0.25) is 4.79 Å². The van der Waals surface area contributed by atoms with E-state index < -0.39 is 0 Å². The Hall–Kier alpha value is -1.55. The minimum atomic E-state index is 0.113. The van der Waals surface area contributed by atoms with Gasteiger partial charge in [0.2, 0.25) is 5.91 Å². The lowest BCUT2D eigenvalue weighted by molar-refractivity contribution is -0.121. The summed E-state index contributed by atoms with van der Waals surface area (Å²) in [4.78, 5) is 11.6. The molecule has 2 rings (SSSR count). The number of ether oxygens (including phenoxy) is 1.